The molecule has 1 aliphatic rings. The summed E-state index contributed by atoms with van der Waals surface area (Å²) in [7, 11) is 0. The smallest absolute Gasteiger partial charge is 0.197 e. The van der Waals surface area contributed by atoms with E-state index in [9.17, 15) is 5.11 Å². The van der Waals surface area contributed by atoms with Gasteiger partial charge in [0.15, 0.2) is 4.73 Å². The van der Waals surface area contributed by atoms with Crippen LogP contribution in [0.25, 0.3) is 10.9 Å². The van der Waals surface area contributed by atoms with Gasteiger partial charge in [-0.05, 0) is 47.4 Å². The Morgan fingerprint density at radius 2 is 2.24 bits per heavy atom. The molecule has 0 radical (unpaired) electrons. The van der Waals surface area contributed by atoms with Gasteiger partial charge < -0.3 is 10.4 Å². The molecular weight excluding hydrogens is 282 g/mol. The van der Waals surface area contributed by atoms with Crippen molar-refractivity contribution in [1.82, 2.24) is 15.3 Å². The molecule has 1 atom stereocenters. The monoisotopic (exact) mass is 293 g/mol. The van der Waals surface area contributed by atoms with Crippen LogP contribution in [0.15, 0.2) is 22.9 Å². The van der Waals surface area contributed by atoms with E-state index in [4.69, 9.17) is 0 Å². The molecule has 2 N–H and O–H groups in total. The molecule has 0 saturated carbocycles. The van der Waals surface area contributed by atoms with Crippen LogP contribution in [0.3, 0.4) is 0 Å². The van der Waals surface area contributed by atoms with Crippen molar-refractivity contribution in [2.24, 2.45) is 0 Å². The number of hydrogen-bond donors (Lipinski definition) is 2. The van der Waals surface area contributed by atoms with Crippen LogP contribution in [-0.2, 0) is 0 Å². The highest BCUT2D eigenvalue weighted by atomic mass is 79.9. The van der Waals surface area contributed by atoms with Gasteiger partial charge in [0, 0.05) is 11.5 Å². The Bertz CT molecular complexity index is 562. The van der Waals surface area contributed by atoms with E-state index in [0.717, 1.165) is 29.6 Å². The molecular formula is C12H12BrN3O. The van der Waals surface area contributed by atoms with Crippen molar-refractivity contribution in [3.8, 4) is 5.75 Å². The largest absolute Gasteiger partial charge is 0.508 e. The summed E-state index contributed by atoms with van der Waals surface area (Å²) in [5, 5.41) is 13.9. The number of aromatic nitrogens is 2. The summed E-state index contributed by atoms with van der Waals surface area (Å²) < 4.78 is 0.569. The summed E-state index contributed by atoms with van der Waals surface area (Å²) in [6.07, 6.45) is 2.27. The normalized spacial score (nSPS) is 19.9. The topological polar surface area (TPSA) is 58.0 Å². The van der Waals surface area contributed by atoms with E-state index in [0.29, 0.717) is 10.8 Å². The lowest BCUT2D eigenvalue weighted by Crippen LogP contribution is -2.15. The van der Waals surface area contributed by atoms with Crippen LogP contribution in [-0.4, -0.2) is 21.6 Å². The van der Waals surface area contributed by atoms with Crippen LogP contribution in [0, 0.1) is 0 Å². The summed E-state index contributed by atoms with van der Waals surface area (Å²) in [5.41, 5.74) is 1.79. The molecule has 17 heavy (non-hydrogen) atoms. The fourth-order valence-corrected chi connectivity index (χ4v) is 2.68. The van der Waals surface area contributed by atoms with Crippen molar-refractivity contribution < 1.29 is 5.11 Å². The summed E-state index contributed by atoms with van der Waals surface area (Å²) in [5.74, 6) is 0.230. The Hall–Kier alpha value is -1.20. The molecule has 88 valence electrons. The second-order valence-electron chi connectivity index (χ2n) is 4.23. The number of phenols is 1. The van der Waals surface area contributed by atoms with Gasteiger partial charge in [-0.1, -0.05) is 0 Å². The predicted molar refractivity (Wildman–Crippen MR) is 68.9 cm³/mol. The van der Waals surface area contributed by atoms with E-state index < -0.39 is 0 Å². The molecule has 1 fully saturated rings. The lowest BCUT2D eigenvalue weighted by molar-refractivity contribution is 0.476. The number of halogens is 1. The number of nitrogens with zero attached hydrogens (tertiary/aromatic N) is 2. The minimum Gasteiger partial charge on any atom is -0.508 e. The summed E-state index contributed by atoms with van der Waals surface area (Å²) >= 11 is 3.32. The van der Waals surface area contributed by atoms with Crippen molar-refractivity contribution in [2.75, 3.05) is 6.54 Å². The molecule has 5 heteroatoms. The number of fused-ring (bicyclic) bond motifs is 1. The van der Waals surface area contributed by atoms with E-state index in [-0.39, 0.29) is 5.75 Å². The SMILES string of the molecule is Oc1ccc2c(C3CCCN3)nc(Br)nc2c1. The van der Waals surface area contributed by atoms with Crippen molar-refractivity contribution in [3.63, 3.8) is 0 Å². The first-order valence-corrected chi connectivity index (χ1v) is 6.43. The number of hydrogen-bond acceptors (Lipinski definition) is 4. The lowest BCUT2D eigenvalue weighted by Gasteiger charge is -2.12. The third-order valence-electron chi connectivity index (χ3n) is 3.07. The summed E-state index contributed by atoms with van der Waals surface area (Å²) in [4.78, 5) is 8.76. The molecule has 4 nitrogen and oxygen atoms in total. The minimum absolute atomic E-state index is 0.230. The molecule has 3 rings (SSSR count). The van der Waals surface area contributed by atoms with E-state index in [1.807, 2.05) is 6.07 Å². The molecule has 2 heterocycles. The van der Waals surface area contributed by atoms with E-state index in [2.05, 4.69) is 31.2 Å². The molecule has 1 unspecified atom stereocenters. The minimum atomic E-state index is 0.230. The van der Waals surface area contributed by atoms with Gasteiger partial charge in [-0.25, -0.2) is 9.97 Å². The molecule has 0 spiro atoms. The van der Waals surface area contributed by atoms with E-state index in [1.54, 1.807) is 12.1 Å². The molecule has 0 aliphatic carbocycles. The molecule has 1 aromatic carbocycles. The van der Waals surface area contributed by atoms with Crippen LogP contribution in [0.2, 0.25) is 0 Å². The first-order chi connectivity index (χ1) is 8.24. The van der Waals surface area contributed by atoms with Crippen LogP contribution in [0.4, 0.5) is 0 Å². The second kappa shape index (κ2) is 4.23. The maximum absolute atomic E-state index is 9.49. The molecule has 1 aliphatic heterocycles. The number of nitrogens with one attached hydrogen (secondary N) is 1. The Morgan fingerprint density at radius 3 is 3.00 bits per heavy atom. The zero-order valence-corrected chi connectivity index (χ0v) is 10.7. The Labute approximate surface area is 107 Å². The average molecular weight is 294 g/mol. The summed E-state index contributed by atoms with van der Waals surface area (Å²) in [6.45, 7) is 1.03. The van der Waals surface area contributed by atoms with Gasteiger partial charge >= 0.3 is 0 Å². The lowest BCUT2D eigenvalue weighted by atomic mass is 10.1. The van der Waals surface area contributed by atoms with Crippen LogP contribution >= 0.6 is 15.9 Å². The number of rotatable bonds is 1. The van der Waals surface area contributed by atoms with E-state index >= 15 is 0 Å². The third kappa shape index (κ3) is 2.00. The van der Waals surface area contributed by atoms with Crippen molar-refractivity contribution in [3.05, 3.63) is 28.6 Å². The van der Waals surface area contributed by atoms with Gasteiger partial charge in [0.25, 0.3) is 0 Å². The molecule has 0 amide bonds. The number of aromatic hydroxyl groups is 1. The van der Waals surface area contributed by atoms with E-state index in [1.165, 1.54) is 6.42 Å². The van der Waals surface area contributed by atoms with Crippen molar-refractivity contribution in [1.29, 1.82) is 0 Å². The molecule has 1 saturated heterocycles. The molecule has 2 aromatic rings. The fourth-order valence-electron chi connectivity index (χ4n) is 2.30. The maximum Gasteiger partial charge on any atom is 0.197 e. The fraction of sp³-hybridized carbons (Fsp3) is 0.333. The number of benzene rings is 1. The third-order valence-corrected chi connectivity index (χ3v) is 3.43. The Kier molecular flexibility index (Phi) is 2.72. The van der Waals surface area contributed by atoms with Gasteiger partial charge in [-0.3, -0.25) is 0 Å². The van der Waals surface area contributed by atoms with Crippen LogP contribution in [0.1, 0.15) is 24.6 Å². The second-order valence-corrected chi connectivity index (χ2v) is 4.94. The highest BCUT2D eigenvalue weighted by molar-refractivity contribution is 9.10. The zero-order valence-electron chi connectivity index (χ0n) is 9.15. The molecule has 0 bridgehead atoms. The first-order valence-electron chi connectivity index (χ1n) is 5.63. The van der Waals surface area contributed by atoms with Gasteiger partial charge in [-0.15, -0.1) is 0 Å². The van der Waals surface area contributed by atoms with Gasteiger partial charge in [0.1, 0.15) is 5.75 Å². The van der Waals surface area contributed by atoms with Crippen molar-refractivity contribution >= 4 is 26.8 Å². The zero-order chi connectivity index (χ0) is 11.8. The van der Waals surface area contributed by atoms with Gasteiger partial charge in [0.2, 0.25) is 0 Å². The summed E-state index contributed by atoms with van der Waals surface area (Å²) in [6, 6.07) is 5.52. The maximum atomic E-state index is 9.49. The van der Waals surface area contributed by atoms with Crippen LogP contribution < -0.4 is 5.32 Å². The van der Waals surface area contributed by atoms with Crippen molar-refractivity contribution in [2.45, 2.75) is 18.9 Å². The quantitative estimate of drug-likeness (QED) is 0.794. The predicted octanol–water partition coefficient (Wildman–Crippen LogP) is 2.52. The highest BCUT2D eigenvalue weighted by Gasteiger charge is 2.20. The number of phenolic OH excluding ortho intramolecular Hbond substituents is 1. The highest BCUT2D eigenvalue weighted by Crippen LogP contribution is 2.30. The van der Waals surface area contributed by atoms with Gasteiger partial charge in [0.05, 0.1) is 17.3 Å². The van der Waals surface area contributed by atoms with Crippen LogP contribution in [0.5, 0.6) is 5.75 Å². The average Bonchev–Trinajstić information content (AvgIpc) is 2.80. The standard InChI is InChI=1S/C12H12BrN3O/c13-12-15-10-6-7(17)3-4-8(10)11(16-12)9-2-1-5-14-9/h3-4,6,9,14,17H,1-2,5H2. The first kappa shape index (κ1) is 10.9. The molecule has 1 aromatic heterocycles. The Balaban J connectivity index is 2.21. The van der Waals surface area contributed by atoms with Gasteiger partial charge in [-0.2, -0.15) is 0 Å². The Morgan fingerprint density at radius 1 is 1.35 bits per heavy atom.